The molecule has 1 heterocycles. The first kappa shape index (κ1) is 15.3. The van der Waals surface area contributed by atoms with Crippen LogP contribution in [0.2, 0.25) is 0 Å². The molecule has 2 rings (SSSR count). The highest BCUT2D eigenvalue weighted by atomic mass is 19.2. The number of nitrogens with zero attached hydrogens (tertiary/aromatic N) is 1. The average Bonchev–Trinajstić information content (AvgIpc) is 2.46. The second-order valence-corrected chi connectivity index (χ2v) is 5.30. The summed E-state index contributed by atoms with van der Waals surface area (Å²) in [4.78, 5) is 2.51. The Morgan fingerprint density at radius 2 is 1.48 bits per heavy atom. The smallest absolute Gasteiger partial charge is 0.253 e. The number of hydrogen-bond acceptors (Lipinski definition) is 2. The minimum absolute atomic E-state index is 0.0910. The second-order valence-electron chi connectivity index (χ2n) is 5.30. The number of hydrogen-bond donors (Lipinski definition) is 1. The zero-order valence-electron chi connectivity index (χ0n) is 11.6. The largest absolute Gasteiger partial charge is 0.379 e. The minimum atomic E-state index is -1.67. The fraction of sp³-hybridized carbons (Fsp3) is 0.267. The number of rotatable bonds is 4. The summed E-state index contributed by atoms with van der Waals surface area (Å²) in [5, 5.41) is 2.43. The molecule has 1 aromatic carbocycles. The molecule has 1 N–H and O–H groups in total. The van der Waals surface area contributed by atoms with E-state index in [4.69, 9.17) is 0 Å². The molecular weight excluding hydrogens is 284 g/mol. The van der Waals surface area contributed by atoms with Crippen LogP contribution in [0.15, 0.2) is 30.3 Å². The van der Waals surface area contributed by atoms with Gasteiger partial charge in [0.1, 0.15) is 5.69 Å². The second kappa shape index (κ2) is 5.71. The van der Waals surface area contributed by atoms with Crippen LogP contribution in [0, 0.1) is 23.5 Å². The normalized spacial score (nSPS) is 11.5. The predicted octanol–water partition coefficient (Wildman–Crippen LogP) is 4.03. The van der Waals surface area contributed by atoms with Crippen LogP contribution in [0.3, 0.4) is 0 Å². The lowest BCUT2D eigenvalue weighted by molar-refractivity contribution is 0.409. The van der Waals surface area contributed by atoms with Crippen molar-refractivity contribution < 1.29 is 17.6 Å². The molecule has 6 heteroatoms. The first-order valence-corrected chi connectivity index (χ1v) is 6.32. The van der Waals surface area contributed by atoms with Crippen molar-refractivity contribution >= 4 is 5.69 Å². The van der Waals surface area contributed by atoms with Crippen LogP contribution >= 0.6 is 0 Å². The van der Waals surface area contributed by atoms with Gasteiger partial charge in [0.05, 0.1) is 0 Å². The Hall–Kier alpha value is -2.11. The van der Waals surface area contributed by atoms with Crippen LogP contribution in [-0.4, -0.2) is 11.5 Å². The molecule has 0 spiro atoms. The predicted molar refractivity (Wildman–Crippen MR) is 72.0 cm³/mol. The van der Waals surface area contributed by atoms with Crippen LogP contribution in [0.5, 0.6) is 0 Å². The lowest BCUT2D eigenvalue weighted by Gasteiger charge is -2.26. The Kier molecular flexibility index (Phi) is 4.16. The maximum absolute atomic E-state index is 13.5. The number of anilines is 1. The molecule has 1 aromatic heterocycles. The van der Waals surface area contributed by atoms with Crippen LogP contribution in [0.4, 0.5) is 23.2 Å². The van der Waals surface area contributed by atoms with Gasteiger partial charge in [0, 0.05) is 12.0 Å². The molecule has 2 nitrogen and oxygen atoms in total. The fourth-order valence-corrected chi connectivity index (χ4v) is 1.94. The Bertz CT molecular complexity index is 616. The summed E-state index contributed by atoms with van der Waals surface area (Å²) >= 11 is 0. The van der Waals surface area contributed by atoms with Gasteiger partial charge in [0.2, 0.25) is 11.6 Å². The van der Waals surface area contributed by atoms with Gasteiger partial charge >= 0.3 is 0 Å². The maximum Gasteiger partial charge on any atom is 0.253 e. The van der Waals surface area contributed by atoms with E-state index < -0.39 is 34.6 Å². The third-order valence-corrected chi connectivity index (χ3v) is 3.26. The van der Waals surface area contributed by atoms with Gasteiger partial charge in [-0.1, -0.05) is 44.2 Å². The van der Waals surface area contributed by atoms with Crippen molar-refractivity contribution in [1.82, 2.24) is 4.98 Å². The van der Waals surface area contributed by atoms with Gasteiger partial charge in [-0.15, -0.1) is 0 Å². The van der Waals surface area contributed by atoms with E-state index in [1.54, 1.807) is 0 Å². The van der Waals surface area contributed by atoms with Crippen molar-refractivity contribution in [2.45, 2.75) is 19.3 Å². The average molecular weight is 298 g/mol. The van der Waals surface area contributed by atoms with Crippen molar-refractivity contribution in [3.05, 3.63) is 59.4 Å². The molecular formula is C15H14F4N2. The summed E-state index contributed by atoms with van der Waals surface area (Å²) in [5.41, 5.74) is -0.409. The van der Waals surface area contributed by atoms with Crippen molar-refractivity contribution in [2.24, 2.45) is 0 Å². The zero-order chi connectivity index (χ0) is 15.6. The molecule has 0 unspecified atom stereocenters. The van der Waals surface area contributed by atoms with E-state index in [0.29, 0.717) is 0 Å². The van der Waals surface area contributed by atoms with Crippen molar-refractivity contribution in [1.29, 1.82) is 0 Å². The summed E-state index contributed by atoms with van der Waals surface area (Å²) in [6.07, 6.45) is 0. The standard InChI is InChI=1S/C15H14F4N2/c1-15(2,9-6-4-3-5-7-9)8-20-12-10(16)13(18)21-14(19)11(12)17/h3-7H,8H2,1-2H3,(H,20,21). The summed E-state index contributed by atoms with van der Waals surface area (Å²) < 4.78 is 53.1. The van der Waals surface area contributed by atoms with Crippen molar-refractivity contribution in [3.8, 4) is 0 Å². The number of nitrogens with one attached hydrogen (secondary N) is 1. The third-order valence-electron chi connectivity index (χ3n) is 3.26. The molecule has 0 saturated carbocycles. The van der Waals surface area contributed by atoms with E-state index in [-0.39, 0.29) is 6.54 Å². The molecule has 0 bridgehead atoms. The van der Waals surface area contributed by atoms with Crippen LogP contribution in [-0.2, 0) is 5.41 Å². The lowest BCUT2D eigenvalue weighted by Crippen LogP contribution is -2.28. The summed E-state index contributed by atoms with van der Waals surface area (Å²) in [7, 11) is 0. The molecule has 0 fully saturated rings. The van der Waals surface area contributed by atoms with Crippen LogP contribution in [0.25, 0.3) is 0 Å². The highest BCUT2D eigenvalue weighted by Crippen LogP contribution is 2.26. The Labute approximate surface area is 119 Å². The first-order chi connectivity index (χ1) is 9.83. The van der Waals surface area contributed by atoms with E-state index in [9.17, 15) is 17.6 Å². The van der Waals surface area contributed by atoms with Gasteiger partial charge in [0.25, 0.3) is 11.9 Å². The molecule has 0 aliphatic carbocycles. The number of benzene rings is 1. The van der Waals surface area contributed by atoms with Crippen molar-refractivity contribution in [2.75, 3.05) is 11.9 Å². The van der Waals surface area contributed by atoms with E-state index in [2.05, 4.69) is 10.3 Å². The van der Waals surface area contributed by atoms with Gasteiger partial charge in [0.15, 0.2) is 0 Å². The lowest BCUT2D eigenvalue weighted by atomic mass is 9.84. The van der Waals surface area contributed by atoms with E-state index in [0.717, 1.165) is 5.56 Å². The van der Waals surface area contributed by atoms with Gasteiger partial charge in [-0.3, -0.25) is 0 Å². The summed E-state index contributed by atoms with van der Waals surface area (Å²) in [5.74, 6) is -6.40. The number of aromatic nitrogens is 1. The molecule has 2 aromatic rings. The van der Waals surface area contributed by atoms with Crippen molar-refractivity contribution in [3.63, 3.8) is 0 Å². The van der Waals surface area contributed by atoms with Gasteiger partial charge < -0.3 is 5.32 Å². The highest BCUT2D eigenvalue weighted by Gasteiger charge is 2.25. The van der Waals surface area contributed by atoms with Gasteiger partial charge in [-0.25, -0.2) is 0 Å². The Balaban J connectivity index is 2.24. The molecule has 21 heavy (non-hydrogen) atoms. The topological polar surface area (TPSA) is 24.9 Å². The van der Waals surface area contributed by atoms with Crippen LogP contribution in [0.1, 0.15) is 19.4 Å². The number of pyridine rings is 1. The van der Waals surface area contributed by atoms with Gasteiger partial charge in [-0.2, -0.15) is 22.5 Å². The Morgan fingerprint density at radius 3 is 2.00 bits per heavy atom. The first-order valence-electron chi connectivity index (χ1n) is 6.32. The summed E-state index contributed by atoms with van der Waals surface area (Å²) in [6.45, 7) is 3.78. The minimum Gasteiger partial charge on any atom is -0.379 e. The fourth-order valence-electron chi connectivity index (χ4n) is 1.94. The quantitative estimate of drug-likeness (QED) is 0.681. The van der Waals surface area contributed by atoms with E-state index in [1.165, 1.54) is 0 Å². The molecule has 0 amide bonds. The van der Waals surface area contributed by atoms with Gasteiger partial charge in [-0.05, 0) is 5.56 Å². The van der Waals surface area contributed by atoms with E-state index in [1.807, 2.05) is 44.2 Å². The molecule has 0 aliphatic heterocycles. The highest BCUT2D eigenvalue weighted by molar-refractivity contribution is 5.46. The monoisotopic (exact) mass is 298 g/mol. The third kappa shape index (κ3) is 3.15. The summed E-state index contributed by atoms with van der Waals surface area (Å²) in [6, 6.07) is 9.25. The molecule has 0 saturated heterocycles. The van der Waals surface area contributed by atoms with Crippen LogP contribution < -0.4 is 5.32 Å². The zero-order valence-corrected chi connectivity index (χ0v) is 11.6. The van der Waals surface area contributed by atoms with E-state index >= 15 is 0 Å². The molecule has 0 radical (unpaired) electrons. The number of halogens is 4. The molecule has 112 valence electrons. The Morgan fingerprint density at radius 1 is 0.952 bits per heavy atom. The molecule has 0 atom stereocenters. The molecule has 0 aliphatic rings. The maximum atomic E-state index is 13.5. The SMILES string of the molecule is CC(C)(CNc1c(F)c(F)nc(F)c1F)c1ccccc1.